The van der Waals surface area contributed by atoms with Gasteiger partial charge in [-0.15, -0.1) is 0 Å². The molecule has 1 saturated heterocycles. The van der Waals surface area contributed by atoms with Crippen molar-refractivity contribution in [3.63, 3.8) is 0 Å². The minimum absolute atomic E-state index is 0.518. The van der Waals surface area contributed by atoms with E-state index in [0.29, 0.717) is 12.2 Å². The van der Waals surface area contributed by atoms with Crippen LogP contribution in [0.15, 0.2) is 18.5 Å². The fourth-order valence-electron chi connectivity index (χ4n) is 2.36. The SMILES string of the molecule is Nc1cnccc1[C@@]1(NC(=O)O)CCCNC1. The highest BCUT2D eigenvalue weighted by Gasteiger charge is 2.36. The van der Waals surface area contributed by atoms with E-state index in [4.69, 9.17) is 10.8 Å². The summed E-state index contributed by atoms with van der Waals surface area (Å²) < 4.78 is 0. The second kappa shape index (κ2) is 4.58. The number of pyridine rings is 1. The maximum Gasteiger partial charge on any atom is 0.405 e. The smallest absolute Gasteiger partial charge is 0.405 e. The van der Waals surface area contributed by atoms with Gasteiger partial charge in [0.25, 0.3) is 0 Å². The summed E-state index contributed by atoms with van der Waals surface area (Å²) in [5.41, 5.74) is 6.56. The third-order valence-electron chi connectivity index (χ3n) is 3.10. The number of rotatable bonds is 2. The molecule has 92 valence electrons. The van der Waals surface area contributed by atoms with Gasteiger partial charge in [-0.25, -0.2) is 4.79 Å². The predicted molar refractivity (Wildman–Crippen MR) is 63.6 cm³/mol. The third-order valence-corrected chi connectivity index (χ3v) is 3.10. The summed E-state index contributed by atoms with van der Waals surface area (Å²) in [7, 11) is 0. The fraction of sp³-hybridized carbons (Fsp3) is 0.455. The van der Waals surface area contributed by atoms with Gasteiger partial charge in [-0.05, 0) is 25.5 Å². The van der Waals surface area contributed by atoms with Gasteiger partial charge in [0.05, 0.1) is 17.4 Å². The van der Waals surface area contributed by atoms with E-state index in [1.807, 2.05) is 0 Å². The second-order valence-corrected chi connectivity index (χ2v) is 4.26. The molecule has 1 aromatic rings. The number of carboxylic acid groups (broad SMARTS) is 1. The Morgan fingerprint density at radius 3 is 3.06 bits per heavy atom. The molecular formula is C11H16N4O2. The van der Waals surface area contributed by atoms with Gasteiger partial charge in [-0.1, -0.05) is 0 Å². The Morgan fingerprint density at radius 1 is 1.65 bits per heavy atom. The van der Waals surface area contributed by atoms with Crippen molar-refractivity contribution < 1.29 is 9.90 Å². The average Bonchev–Trinajstić information content (AvgIpc) is 2.29. The van der Waals surface area contributed by atoms with Crippen LogP contribution in [0.25, 0.3) is 0 Å². The number of hydrogen-bond donors (Lipinski definition) is 4. The highest BCUT2D eigenvalue weighted by atomic mass is 16.4. The quantitative estimate of drug-likeness (QED) is 0.599. The lowest BCUT2D eigenvalue weighted by molar-refractivity contribution is 0.167. The summed E-state index contributed by atoms with van der Waals surface area (Å²) in [6.07, 6.45) is 3.79. The molecule has 5 N–H and O–H groups in total. The van der Waals surface area contributed by atoms with E-state index in [1.54, 1.807) is 18.5 Å². The molecular weight excluding hydrogens is 220 g/mol. The molecule has 0 radical (unpaired) electrons. The molecule has 2 rings (SSSR count). The number of nitrogens with one attached hydrogen (secondary N) is 2. The lowest BCUT2D eigenvalue weighted by atomic mass is 9.83. The van der Waals surface area contributed by atoms with Gasteiger partial charge < -0.3 is 21.5 Å². The van der Waals surface area contributed by atoms with Crippen molar-refractivity contribution in [3.8, 4) is 0 Å². The lowest BCUT2D eigenvalue weighted by Gasteiger charge is -2.38. The molecule has 1 aliphatic rings. The van der Waals surface area contributed by atoms with Crippen molar-refractivity contribution >= 4 is 11.8 Å². The molecule has 1 aromatic heterocycles. The van der Waals surface area contributed by atoms with Crippen molar-refractivity contribution in [1.29, 1.82) is 0 Å². The van der Waals surface area contributed by atoms with Crippen molar-refractivity contribution in [2.24, 2.45) is 0 Å². The largest absolute Gasteiger partial charge is 0.465 e. The van der Waals surface area contributed by atoms with Crippen LogP contribution in [0.4, 0.5) is 10.5 Å². The highest BCUT2D eigenvalue weighted by molar-refractivity contribution is 5.67. The number of nitrogen functional groups attached to an aromatic ring is 1. The standard InChI is InChI=1S/C11H16N4O2/c12-9-6-13-5-2-8(9)11(15-10(16)17)3-1-4-14-7-11/h2,5-6,14-15H,1,3-4,7,12H2,(H,16,17)/t11-/m1/s1. The molecule has 0 aromatic carbocycles. The zero-order valence-electron chi connectivity index (χ0n) is 9.44. The van der Waals surface area contributed by atoms with E-state index >= 15 is 0 Å². The van der Waals surface area contributed by atoms with Crippen LogP contribution in [0.2, 0.25) is 0 Å². The Hall–Kier alpha value is -1.82. The summed E-state index contributed by atoms with van der Waals surface area (Å²) in [5, 5.41) is 14.8. The summed E-state index contributed by atoms with van der Waals surface area (Å²) in [5.74, 6) is 0. The van der Waals surface area contributed by atoms with Crippen molar-refractivity contribution in [3.05, 3.63) is 24.0 Å². The molecule has 0 bridgehead atoms. The minimum Gasteiger partial charge on any atom is -0.465 e. The molecule has 2 heterocycles. The van der Waals surface area contributed by atoms with Crippen molar-refractivity contribution in [1.82, 2.24) is 15.6 Å². The summed E-state index contributed by atoms with van der Waals surface area (Å²) in [4.78, 5) is 14.9. The van der Waals surface area contributed by atoms with Crippen LogP contribution in [0, 0.1) is 0 Å². The van der Waals surface area contributed by atoms with E-state index in [9.17, 15) is 4.79 Å². The minimum atomic E-state index is -1.04. The van der Waals surface area contributed by atoms with Gasteiger partial charge in [0.2, 0.25) is 0 Å². The van der Waals surface area contributed by atoms with E-state index in [2.05, 4.69) is 15.6 Å². The Labute approximate surface area is 99.2 Å². The molecule has 0 unspecified atom stereocenters. The maximum atomic E-state index is 11.0. The van der Waals surface area contributed by atoms with Crippen LogP contribution < -0.4 is 16.4 Å². The second-order valence-electron chi connectivity index (χ2n) is 4.26. The molecule has 6 heteroatoms. The Morgan fingerprint density at radius 2 is 2.47 bits per heavy atom. The van der Waals surface area contributed by atoms with Crippen LogP contribution in [0.3, 0.4) is 0 Å². The maximum absolute atomic E-state index is 11.0. The molecule has 17 heavy (non-hydrogen) atoms. The first-order valence-corrected chi connectivity index (χ1v) is 5.56. The zero-order valence-corrected chi connectivity index (χ0v) is 9.44. The molecule has 1 aliphatic heterocycles. The number of piperidine rings is 1. The predicted octanol–water partition coefficient (Wildman–Crippen LogP) is 0.510. The first kappa shape index (κ1) is 11.7. The van der Waals surface area contributed by atoms with Crippen LogP contribution in [0.5, 0.6) is 0 Å². The Bertz CT molecular complexity index is 416. The Kier molecular flexibility index (Phi) is 3.14. The van der Waals surface area contributed by atoms with E-state index in [1.165, 1.54) is 0 Å². The van der Waals surface area contributed by atoms with Gasteiger partial charge in [-0.2, -0.15) is 0 Å². The van der Waals surface area contributed by atoms with Gasteiger partial charge >= 0.3 is 6.09 Å². The zero-order chi connectivity index (χ0) is 12.3. The van der Waals surface area contributed by atoms with Crippen molar-refractivity contribution in [2.45, 2.75) is 18.4 Å². The highest BCUT2D eigenvalue weighted by Crippen LogP contribution is 2.31. The van der Waals surface area contributed by atoms with Gasteiger partial charge in [0.1, 0.15) is 0 Å². The van der Waals surface area contributed by atoms with Crippen LogP contribution in [0.1, 0.15) is 18.4 Å². The van der Waals surface area contributed by atoms with Crippen molar-refractivity contribution in [2.75, 3.05) is 18.8 Å². The molecule has 1 amide bonds. The topological polar surface area (TPSA) is 100 Å². The van der Waals surface area contributed by atoms with E-state index in [-0.39, 0.29) is 0 Å². The van der Waals surface area contributed by atoms with Crippen LogP contribution in [-0.2, 0) is 5.54 Å². The first-order valence-electron chi connectivity index (χ1n) is 5.56. The molecule has 0 aliphatic carbocycles. The van der Waals surface area contributed by atoms with E-state index < -0.39 is 11.6 Å². The number of anilines is 1. The molecule has 1 fully saturated rings. The number of carbonyl (C=O) groups is 1. The van der Waals surface area contributed by atoms with Gasteiger partial charge in [-0.3, -0.25) is 4.98 Å². The summed E-state index contributed by atoms with van der Waals surface area (Å²) in [6, 6.07) is 1.78. The summed E-state index contributed by atoms with van der Waals surface area (Å²) in [6.45, 7) is 1.45. The average molecular weight is 236 g/mol. The molecule has 1 atom stereocenters. The van der Waals surface area contributed by atoms with Crippen LogP contribution >= 0.6 is 0 Å². The number of nitrogens with two attached hydrogens (primary N) is 1. The molecule has 6 nitrogen and oxygen atoms in total. The number of nitrogens with zero attached hydrogens (tertiary/aromatic N) is 1. The van der Waals surface area contributed by atoms with Crippen LogP contribution in [-0.4, -0.2) is 29.3 Å². The van der Waals surface area contributed by atoms with Gasteiger partial charge in [0.15, 0.2) is 0 Å². The van der Waals surface area contributed by atoms with E-state index in [0.717, 1.165) is 24.9 Å². The number of hydrogen-bond acceptors (Lipinski definition) is 4. The third kappa shape index (κ3) is 2.31. The Balaban J connectivity index is 2.39. The number of aromatic nitrogens is 1. The molecule has 0 saturated carbocycles. The number of amides is 1. The first-order chi connectivity index (χ1) is 8.14. The molecule has 0 spiro atoms. The fourth-order valence-corrected chi connectivity index (χ4v) is 2.36. The normalized spacial score (nSPS) is 24.2. The summed E-state index contributed by atoms with van der Waals surface area (Å²) >= 11 is 0. The monoisotopic (exact) mass is 236 g/mol. The lowest BCUT2D eigenvalue weighted by Crippen LogP contribution is -2.55. The van der Waals surface area contributed by atoms with Gasteiger partial charge in [0, 0.05) is 18.3 Å².